The number of halogens is 1. The number of carbonyl (C=O) groups is 1. The van der Waals surface area contributed by atoms with Gasteiger partial charge in [-0.3, -0.25) is 0 Å². The third-order valence-corrected chi connectivity index (χ3v) is 3.71. The monoisotopic (exact) mass is 266 g/mol. The average Bonchev–Trinajstić information content (AvgIpc) is 2.63. The fourth-order valence-corrected chi connectivity index (χ4v) is 2.18. The van der Waals surface area contributed by atoms with Crippen molar-refractivity contribution in [2.24, 2.45) is 5.92 Å². The Balaban J connectivity index is 1.87. The molecule has 5 heteroatoms. The molecule has 2 N–H and O–H groups in total. The van der Waals surface area contributed by atoms with Crippen LogP contribution in [-0.2, 0) is 6.54 Å². The van der Waals surface area contributed by atoms with Gasteiger partial charge in [-0.15, -0.1) is 0 Å². The maximum atomic E-state index is 12.7. The van der Waals surface area contributed by atoms with E-state index in [2.05, 4.69) is 5.32 Å². The first-order chi connectivity index (χ1) is 8.88. The average molecular weight is 266 g/mol. The number of carbonyl (C=O) groups excluding carboxylic acids is 1. The Hall–Kier alpha value is -1.62. The number of urea groups is 1. The summed E-state index contributed by atoms with van der Waals surface area (Å²) in [6.07, 6.45) is 0. The van der Waals surface area contributed by atoms with Crippen LogP contribution in [-0.4, -0.2) is 34.7 Å². The predicted molar refractivity (Wildman–Crippen MR) is 70.0 cm³/mol. The molecule has 4 nitrogen and oxygen atoms in total. The van der Waals surface area contributed by atoms with Gasteiger partial charge in [-0.2, -0.15) is 0 Å². The number of hydrogen-bond acceptors (Lipinski definition) is 2. The minimum Gasteiger partial charge on any atom is -0.388 e. The van der Waals surface area contributed by atoms with E-state index in [0.29, 0.717) is 19.6 Å². The zero-order valence-corrected chi connectivity index (χ0v) is 11.2. The third-order valence-electron chi connectivity index (χ3n) is 3.71. The molecule has 1 saturated heterocycles. The summed E-state index contributed by atoms with van der Waals surface area (Å²) in [7, 11) is 0. The summed E-state index contributed by atoms with van der Waals surface area (Å²) in [4.78, 5) is 13.6. The summed E-state index contributed by atoms with van der Waals surface area (Å²) in [5.74, 6) is -0.233. The van der Waals surface area contributed by atoms with Crippen molar-refractivity contribution in [1.82, 2.24) is 10.2 Å². The van der Waals surface area contributed by atoms with Gasteiger partial charge < -0.3 is 15.3 Å². The highest BCUT2D eigenvalue weighted by Gasteiger charge is 2.40. The zero-order valence-electron chi connectivity index (χ0n) is 11.2. The van der Waals surface area contributed by atoms with E-state index in [1.165, 1.54) is 12.1 Å². The van der Waals surface area contributed by atoms with Gasteiger partial charge in [0.15, 0.2) is 0 Å². The molecule has 0 unspecified atom stereocenters. The van der Waals surface area contributed by atoms with Gasteiger partial charge in [0.2, 0.25) is 0 Å². The number of amides is 2. The SMILES string of the molecule is C[C@@H]1CN(C(=O)NCc2ccc(F)cc2)C[C@]1(C)O. The highest BCUT2D eigenvalue weighted by Crippen LogP contribution is 2.26. The van der Waals surface area contributed by atoms with E-state index in [-0.39, 0.29) is 17.8 Å². The van der Waals surface area contributed by atoms with Gasteiger partial charge in [-0.1, -0.05) is 19.1 Å². The minimum absolute atomic E-state index is 0.0593. The smallest absolute Gasteiger partial charge is 0.317 e. The van der Waals surface area contributed by atoms with Crippen molar-refractivity contribution in [2.75, 3.05) is 13.1 Å². The number of β-amino-alcohol motifs (C(OH)–C–C–N with tert-alkyl or cyclic N) is 1. The second-order valence-electron chi connectivity index (χ2n) is 5.42. The second kappa shape index (κ2) is 5.17. The van der Waals surface area contributed by atoms with E-state index in [9.17, 15) is 14.3 Å². The molecule has 1 aromatic carbocycles. The second-order valence-corrected chi connectivity index (χ2v) is 5.42. The number of hydrogen-bond donors (Lipinski definition) is 2. The van der Waals surface area contributed by atoms with Crippen LogP contribution in [0.4, 0.5) is 9.18 Å². The molecule has 1 heterocycles. The van der Waals surface area contributed by atoms with Crippen molar-refractivity contribution >= 4 is 6.03 Å². The number of likely N-dealkylation sites (tertiary alicyclic amines) is 1. The predicted octanol–water partition coefficient (Wildman–Crippen LogP) is 1.74. The lowest BCUT2D eigenvalue weighted by Gasteiger charge is -2.20. The third kappa shape index (κ3) is 3.23. The molecule has 0 aromatic heterocycles. The Kier molecular flexibility index (Phi) is 3.75. The van der Waals surface area contributed by atoms with Crippen LogP contribution in [0.25, 0.3) is 0 Å². The van der Waals surface area contributed by atoms with E-state index in [1.54, 1.807) is 24.0 Å². The van der Waals surface area contributed by atoms with E-state index in [0.717, 1.165) is 5.56 Å². The first-order valence-corrected chi connectivity index (χ1v) is 6.38. The molecule has 0 radical (unpaired) electrons. The van der Waals surface area contributed by atoms with Gasteiger partial charge in [-0.25, -0.2) is 9.18 Å². The van der Waals surface area contributed by atoms with Crippen LogP contribution in [0.2, 0.25) is 0 Å². The van der Waals surface area contributed by atoms with Crippen LogP contribution in [0.5, 0.6) is 0 Å². The van der Waals surface area contributed by atoms with Crippen molar-refractivity contribution in [1.29, 1.82) is 0 Å². The fraction of sp³-hybridized carbons (Fsp3) is 0.500. The summed E-state index contributed by atoms with van der Waals surface area (Å²) in [5, 5.41) is 12.8. The number of benzene rings is 1. The van der Waals surface area contributed by atoms with Crippen molar-refractivity contribution < 1.29 is 14.3 Å². The molecule has 0 saturated carbocycles. The van der Waals surface area contributed by atoms with Crippen molar-refractivity contribution in [2.45, 2.75) is 26.0 Å². The molecule has 1 fully saturated rings. The highest BCUT2D eigenvalue weighted by atomic mass is 19.1. The fourth-order valence-electron chi connectivity index (χ4n) is 2.18. The molecular formula is C14H19FN2O2. The van der Waals surface area contributed by atoms with Gasteiger partial charge in [0.1, 0.15) is 5.82 Å². The Morgan fingerprint density at radius 3 is 2.68 bits per heavy atom. The van der Waals surface area contributed by atoms with E-state index in [1.807, 2.05) is 6.92 Å². The number of aliphatic hydroxyl groups is 1. The van der Waals surface area contributed by atoms with E-state index >= 15 is 0 Å². The topological polar surface area (TPSA) is 52.6 Å². The first kappa shape index (κ1) is 13.8. The number of nitrogens with one attached hydrogen (secondary N) is 1. The van der Waals surface area contributed by atoms with Crippen LogP contribution in [0, 0.1) is 11.7 Å². The van der Waals surface area contributed by atoms with Crippen LogP contribution in [0.3, 0.4) is 0 Å². The molecule has 19 heavy (non-hydrogen) atoms. The summed E-state index contributed by atoms with van der Waals surface area (Å²) >= 11 is 0. The van der Waals surface area contributed by atoms with Crippen LogP contribution in [0.1, 0.15) is 19.4 Å². The minimum atomic E-state index is -0.826. The molecule has 2 amide bonds. The molecule has 1 aliphatic heterocycles. The van der Waals surface area contributed by atoms with Crippen molar-refractivity contribution in [3.05, 3.63) is 35.6 Å². The first-order valence-electron chi connectivity index (χ1n) is 6.38. The summed E-state index contributed by atoms with van der Waals surface area (Å²) in [5.41, 5.74) is 0.0153. The highest BCUT2D eigenvalue weighted by molar-refractivity contribution is 5.74. The van der Waals surface area contributed by atoms with Crippen LogP contribution >= 0.6 is 0 Å². The number of nitrogens with zero attached hydrogens (tertiary/aromatic N) is 1. The van der Waals surface area contributed by atoms with Crippen molar-refractivity contribution in [3.8, 4) is 0 Å². The molecule has 2 atom stereocenters. The summed E-state index contributed by atoms with van der Waals surface area (Å²) in [6, 6.07) is 5.81. The molecule has 1 aromatic rings. The molecule has 2 rings (SSSR count). The van der Waals surface area contributed by atoms with Gasteiger partial charge >= 0.3 is 6.03 Å². The van der Waals surface area contributed by atoms with Crippen LogP contribution in [0.15, 0.2) is 24.3 Å². The Morgan fingerprint density at radius 1 is 1.53 bits per heavy atom. The van der Waals surface area contributed by atoms with Gasteiger partial charge in [0.05, 0.1) is 12.1 Å². The lowest BCUT2D eigenvalue weighted by Crippen LogP contribution is -2.40. The molecule has 104 valence electrons. The lowest BCUT2D eigenvalue weighted by atomic mass is 9.95. The quantitative estimate of drug-likeness (QED) is 0.856. The van der Waals surface area contributed by atoms with Crippen LogP contribution < -0.4 is 5.32 Å². The molecule has 0 aliphatic carbocycles. The Bertz CT molecular complexity index is 459. The van der Waals surface area contributed by atoms with Crippen molar-refractivity contribution in [3.63, 3.8) is 0 Å². The van der Waals surface area contributed by atoms with Gasteiger partial charge in [0.25, 0.3) is 0 Å². The maximum Gasteiger partial charge on any atom is 0.317 e. The van der Waals surface area contributed by atoms with Gasteiger partial charge in [-0.05, 0) is 24.6 Å². The standard InChI is InChI=1S/C14H19FN2O2/c1-10-8-17(9-14(10,2)19)13(18)16-7-11-3-5-12(15)6-4-11/h3-6,10,19H,7-9H2,1-2H3,(H,16,18)/t10-,14+/m1/s1. The zero-order chi connectivity index (χ0) is 14.0. The Morgan fingerprint density at radius 2 is 2.16 bits per heavy atom. The normalized spacial score (nSPS) is 26.5. The molecule has 0 spiro atoms. The van der Waals surface area contributed by atoms with E-state index < -0.39 is 5.60 Å². The maximum absolute atomic E-state index is 12.7. The summed E-state index contributed by atoms with van der Waals surface area (Å²) in [6.45, 7) is 4.90. The Labute approximate surface area is 112 Å². The largest absolute Gasteiger partial charge is 0.388 e. The molecule has 1 aliphatic rings. The molecule has 0 bridgehead atoms. The van der Waals surface area contributed by atoms with Gasteiger partial charge in [0, 0.05) is 19.0 Å². The molecular weight excluding hydrogens is 247 g/mol. The number of rotatable bonds is 2. The summed E-state index contributed by atoms with van der Waals surface area (Å²) < 4.78 is 12.7. The van der Waals surface area contributed by atoms with E-state index in [4.69, 9.17) is 0 Å². The lowest BCUT2D eigenvalue weighted by molar-refractivity contribution is 0.0386.